The summed E-state index contributed by atoms with van der Waals surface area (Å²) in [5.74, 6) is -1.33. The molecule has 0 atom stereocenters. The maximum Gasteiger partial charge on any atom is 0.338 e. The molecule has 9 nitrogen and oxygen atoms in total. The predicted octanol–water partition coefficient (Wildman–Crippen LogP) is 2.52. The molecular weight excluding hydrogens is 434 g/mol. The average Bonchev–Trinajstić information content (AvgIpc) is 2.73. The van der Waals surface area contributed by atoms with E-state index in [-0.39, 0.29) is 22.7 Å². The third-order valence-corrected chi connectivity index (χ3v) is 6.39. The normalized spacial score (nSPS) is 15.2. The highest BCUT2D eigenvalue weighted by molar-refractivity contribution is 7.90. The number of ether oxygens (including phenoxy) is 1. The highest BCUT2D eigenvalue weighted by atomic mass is 32.2. The van der Waals surface area contributed by atoms with Crippen LogP contribution in [0.5, 0.6) is 0 Å². The van der Waals surface area contributed by atoms with Crippen molar-refractivity contribution in [2.24, 2.45) is 0 Å². The standard InChI is InChI=1S/C22H25N3O6S/c1-22(2,3)31-19(26)14-25-21(28)24(4)17-11-10-16(12-18(17)32(25,29)30)20(27)23-13-15-8-6-5-7-9-15/h5-12H,13-14H2,1-4H3,(H,23,27). The summed E-state index contributed by atoms with van der Waals surface area (Å²) in [5.41, 5.74) is 0.284. The zero-order valence-electron chi connectivity index (χ0n) is 18.3. The lowest BCUT2D eigenvalue weighted by molar-refractivity contribution is -0.154. The van der Waals surface area contributed by atoms with E-state index in [1.807, 2.05) is 30.3 Å². The molecule has 1 heterocycles. The number of carbonyl (C=O) groups excluding carboxylic acids is 3. The maximum atomic E-state index is 13.2. The molecule has 1 aliphatic rings. The Balaban J connectivity index is 1.87. The summed E-state index contributed by atoms with van der Waals surface area (Å²) in [6.07, 6.45) is 0. The number of rotatable bonds is 5. The highest BCUT2D eigenvalue weighted by Gasteiger charge is 2.42. The molecule has 0 fully saturated rings. The fourth-order valence-corrected chi connectivity index (χ4v) is 4.74. The molecule has 3 rings (SSSR count). The number of nitrogens with zero attached hydrogens (tertiary/aromatic N) is 2. The summed E-state index contributed by atoms with van der Waals surface area (Å²) in [6, 6.07) is 12.4. The Kier molecular flexibility index (Phi) is 6.27. The molecule has 0 bridgehead atoms. The van der Waals surface area contributed by atoms with Crippen molar-refractivity contribution in [1.82, 2.24) is 9.62 Å². The van der Waals surface area contributed by atoms with E-state index < -0.39 is 40.1 Å². The van der Waals surface area contributed by atoms with Crippen molar-refractivity contribution in [3.8, 4) is 0 Å². The van der Waals surface area contributed by atoms with E-state index in [4.69, 9.17) is 4.74 Å². The summed E-state index contributed by atoms with van der Waals surface area (Å²) >= 11 is 0. The van der Waals surface area contributed by atoms with E-state index >= 15 is 0 Å². The third-order valence-electron chi connectivity index (χ3n) is 4.64. The lowest BCUT2D eigenvalue weighted by atomic mass is 10.1. The van der Waals surface area contributed by atoms with Crippen LogP contribution in [0.2, 0.25) is 0 Å². The van der Waals surface area contributed by atoms with E-state index in [1.54, 1.807) is 20.8 Å². The molecule has 0 aromatic heterocycles. The van der Waals surface area contributed by atoms with Gasteiger partial charge in [-0.05, 0) is 44.5 Å². The second-order valence-electron chi connectivity index (χ2n) is 8.29. The van der Waals surface area contributed by atoms with Crippen molar-refractivity contribution in [1.29, 1.82) is 0 Å². The number of amides is 3. The van der Waals surface area contributed by atoms with Gasteiger partial charge in [0.15, 0.2) is 0 Å². The van der Waals surface area contributed by atoms with Gasteiger partial charge in [0.05, 0.1) is 5.69 Å². The summed E-state index contributed by atoms with van der Waals surface area (Å²) in [4.78, 5) is 38.4. The van der Waals surface area contributed by atoms with E-state index in [0.717, 1.165) is 10.5 Å². The Bertz CT molecular complexity index is 1160. The van der Waals surface area contributed by atoms with E-state index in [1.165, 1.54) is 25.2 Å². The number of carbonyl (C=O) groups is 3. The van der Waals surface area contributed by atoms with Crippen LogP contribution in [0, 0.1) is 0 Å². The Morgan fingerprint density at radius 2 is 1.72 bits per heavy atom. The number of fused-ring (bicyclic) bond motifs is 1. The van der Waals surface area contributed by atoms with Crippen LogP contribution < -0.4 is 10.2 Å². The van der Waals surface area contributed by atoms with Crippen molar-refractivity contribution in [2.45, 2.75) is 37.8 Å². The molecule has 0 saturated carbocycles. The lowest BCUT2D eigenvalue weighted by Crippen LogP contribution is -2.51. The molecule has 10 heteroatoms. The van der Waals surface area contributed by atoms with Crippen LogP contribution in [0.15, 0.2) is 53.4 Å². The van der Waals surface area contributed by atoms with Gasteiger partial charge < -0.3 is 10.1 Å². The second-order valence-corrected chi connectivity index (χ2v) is 10.1. The van der Waals surface area contributed by atoms with Gasteiger partial charge in [0, 0.05) is 19.2 Å². The van der Waals surface area contributed by atoms with Crippen LogP contribution >= 0.6 is 0 Å². The summed E-state index contributed by atoms with van der Waals surface area (Å²) in [6.45, 7) is 4.41. The molecule has 0 radical (unpaired) electrons. The van der Waals surface area contributed by atoms with Crippen molar-refractivity contribution in [3.05, 3.63) is 59.7 Å². The van der Waals surface area contributed by atoms with Crippen LogP contribution in [-0.4, -0.2) is 49.8 Å². The van der Waals surface area contributed by atoms with Gasteiger partial charge >= 0.3 is 12.0 Å². The Hall–Kier alpha value is -3.40. The molecule has 0 unspecified atom stereocenters. The first-order chi connectivity index (χ1) is 14.9. The monoisotopic (exact) mass is 459 g/mol. The number of esters is 1. The third kappa shape index (κ3) is 4.91. The van der Waals surface area contributed by atoms with Gasteiger partial charge in [-0.2, -0.15) is 0 Å². The van der Waals surface area contributed by atoms with Crippen molar-refractivity contribution < 1.29 is 27.5 Å². The first-order valence-electron chi connectivity index (χ1n) is 9.88. The van der Waals surface area contributed by atoms with Gasteiger partial charge in [-0.15, -0.1) is 0 Å². The molecule has 0 spiro atoms. The van der Waals surface area contributed by atoms with Crippen LogP contribution in [-0.2, 0) is 26.1 Å². The van der Waals surface area contributed by atoms with Crippen LogP contribution in [0.1, 0.15) is 36.7 Å². The van der Waals surface area contributed by atoms with E-state index in [9.17, 15) is 22.8 Å². The van der Waals surface area contributed by atoms with Gasteiger partial charge in [0.1, 0.15) is 17.0 Å². The number of urea groups is 1. The average molecular weight is 460 g/mol. The quantitative estimate of drug-likeness (QED) is 0.688. The molecular formula is C22H25N3O6S. The minimum atomic E-state index is -4.38. The molecule has 0 aliphatic carbocycles. The number of hydrogen-bond donors (Lipinski definition) is 1. The number of anilines is 1. The van der Waals surface area contributed by atoms with Gasteiger partial charge in [-0.1, -0.05) is 30.3 Å². The zero-order chi connectivity index (χ0) is 23.7. The number of sulfonamides is 1. The van der Waals surface area contributed by atoms with Gasteiger partial charge in [-0.3, -0.25) is 14.5 Å². The number of hydrogen-bond acceptors (Lipinski definition) is 6. The molecule has 1 aliphatic heterocycles. The maximum absolute atomic E-state index is 13.2. The fraction of sp³-hybridized carbons (Fsp3) is 0.318. The zero-order valence-corrected chi connectivity index (χ0v) is 19.1. The van der Waals surface area contributed by atoms with Gasteiger partial charge in [0.2, 0.25) is 0 Å². The second kappa shape index (κ2) is 8.62. The fourth-order valence-electron chi connectivity index (χ4n) is 3.15. The largest absolute Gasteiger partial charge is 0.459 e. The first kappa shape index (κ1) is 23.3. The van der Waals surface area contributed by atoms with Gasteiger partial charge in [-0.25, -0.2) is 17.5 Å². The van der Waals surface area contributed by atoms with Gasteiger partial charge in [0.25, 0.3) is 15.9 Å². The Labute approximate surface area is 187 Å². The smallest absolute Gasteiger partial charge is 0.338 e. The summed E-state index contributed by atoms with van der Waals surface area (Å²) in [7, 11) is -2.98. The van der Waals surface area contributed by atoms with Crippen LogP contribution in [0.3, 0.4) is 0 Å². The topological polar surface area (TPSA) is 113 Å². The number of benzene rings is 2. The molecule has 2 aromatic carbocycles. The molecule has 3 amide bonds. The van der Waals surface area contributed by atoms with Crippen molar-refractivity contribution in [3.63, 3.8) is 0 Å². The molecule has 170 valence electrons. The minimum absolute atomic E-state index is 0.114. The highest BCUT2D eigenvalue weighted by Crippen LogP contribution is 2.34. The lowest BCUT2D eigenvalue weighted by Gasteiger charge is -2.34. The number of nitrogens with one attached hydrogen (secondary N) is 1. The molecule has 2 aromatic rings. The van der Waals surface area contributed by atoms with Crippen molar-refractivity contribution >= 4 is 33.6 Å². The minimum Gasteiger partial charge on any atom is -0.459 e. The van der Waals surface area contributed by atoms with E-state index in [2.05, 4.69) is 5.32 Å². The summed E-state index contributed by atoms with van der Waals surface area (Å²) < 4.78 is 31.9. The molecule has 1 N–H and O–H groups in total. The van der Waals surface area contributed by atoms with Crippen molar-refractivity contribution in [2.75, 3.05) is 18.5 Å². The SMILES string of the molecule is CN1C(=O)N(CC(=O)OC(C)(C)C)S(=O)(=O)c2cc(C(=O)NCc3ccccc3)ccc21. The predicted molar refractivity (Wildman–Crippen MR) is 118 cm³/mol. The van der Waals surface area contributed by atoms with Crippen LogP contribution in [0.25, 0.3) is 0 Å². The Morgan fingerprint density at radius 1 is 1.06 bits per heavy atom. The Morgan fingerprint density at radius 3 is 2.34 bits per heavy atom. The molecule has 32 heavy (non-hydrogen) atoms. The summed E-state index contributed by atoms with van der Waals surface area (Å²) in [5, 5.41) is 2.74. The first-order valence-corrected chi connectivity index (χ1v) is 11.3. The van der Waals surface area contributed by atoms with E-state index in [0.29, 0.717) is 4.31 Å². The molecule has 0 saturated heterocycles. The van der Waals surface area contributed by atoms with Crippen LogP contribution in [0.4, 0.5) is 10.5 Å².